The van der Waals surface area contributed by atoms with Gasteiger partial charge in [0.25, 0.3) is 0 Å². The molecule has 0 aliphatic carbocycles. The Labute approximate surface area is 95.3 Å². The van der Waals surface area contributed by atoms with Gasteiger partial charge in [0.1, 0.15) is 5.82 Å². The van der Waals surface area contributed by atoms with Gasteiger partial charge < -0.3 is 0 Å². The number of benzene rings is 1. The molecule has 0 fully saturated rings. The van der Waals surface area contributed by atoms with Crippen LogP contribution in [-0.2, 0) is 22.3 Å². The highest BCUT2D eigenvalue weighted by Crippen LogP contribution is 2.21. The van der Waals surface area contributed by atoms with Crippen molar-refractivity contribution in [1.29, 1.82) is 0 Å². The number of rotatable bonds is 3. The van der Waals surface area contributed by atoms with Crippen LogP contribution in [-0.4, -0.2) is 4.75 Å². The summed E-state index contributed by atoms with van der Waals surface area (Å²) in [5, 5.41) is 0. The van der Waals surface area contributed by atoms with E-state index >= 15 is 0 Å². The summed E-state index contributed by atoms with van der Waals surface area (Å²) < 4.78 is 24.4. The smallest absolute Gasteiger partial charge is 0.207 e. The van der Waals surface area contributed by atoms with Gasteiger partial charge in [0.15, 0.2) is 0 Å². The second-order valence-electron chi connectivity index (χ2n) is 3.76. The Morgan fingerprint density at radius 2 is 2.14 bits per heavy atom. The SMILES string of the molecule is CC(C)(Cc1cc(Br)ccc1F)[S+]=O. The third kappa shape index (κ3) is 3.10. The quantitative estimate of drug-likeness (QED) is 0.775. The Bertz CT molecular complexity index is 352. The number of hydrogen-bond donors (Lipinski definition) is 0. The molecular weight excluding hydrogens is 267 g/mol. The normalized spacial score (nSPS) is 11.4. The van der Waals surface area contributed by atoms with Crippen LogP contribution in [0.1, 0.15) is 19.4 Å². The zero-order valence-electron chi connectivity index (χ0n) is 8.01. The fourth-order valence-electron chi connectivity index (χ4n) is 1.17. The maximum Gasteiger partial charge on any atom is 0.465 e. The predicted octanol–water partition coefficient (Wildman–Crippen LogP) is 3.34. The molecule has 0 aliphatic heterocycles. The third-order valence-electron chi connectivity index (χ3n) is 1.85. The zero-order valence-corrected chi connectivity index (χ0v) is 10.4. The molecule has 0 amide bonds. The van der Waals surface area contributed by atoms with Gasteiger partial charge in [-0.3, -0.25) is 0 Å². The maximum atomic E-state index is 13.3. The average Bonchev–Trinajstić information content (AvgIpc) is 2.11. The van der Waals surface area contributed by atoms with Crippen LogP contribution in [0.15, 0.2) is 22.7 Å². The molecule has 0 saturated carbocycles. The molecule has 0 heterocycles. The summed E-state index contributed by atoms with van der Waals surface area (Å²) in [6.07, 6.45) is 0.437. The van der Waals surface area contributed by atoms with Crippen LogP contribution in [0.2, 0.25) is 0 Å². The molecule has 0 spiro atoms. The highest BCUT2D eigenvalue weighted by atomic mass is 79.9. The second kappa shape index (κ2) is 4.45. The van der Waals surface area contributed by atoms with E-state index in [9.17, 15) is 8.60 Å². The highest BCUT2D eigenvalue weighted by Gasteiger charge is 2.33. The minimum absolute atomic E-state index is 0.254. The van der Waals surface area contributed by atoms with Gasteiger partial charge >= 0.3 is 11.7 Å². The molecule has 1 aromatic carbocycles. The van der Waals surface area contributed by atoms with Crippen LogP contribution in [0.25, 0.3) is 0 Å². The summed E-state index contributed by atoms with van der Waals surface area (Å²) in [5.74, 6) is -0.254. The van der Waals surface area contributed by atoms with Crippen LogP contribution in [0.3, 0.4) is 0 Å². The van der Waals surface area contributed by atoms with Crippen LogP contribution >= 0.6 is 15.9 Å². The highest BCUT2D eigenvalue weighted by molar-refractivity contribution is 9.10. The zero-order chi connectivity index (χ0) is 10.8. The van der Waals surface area contributed by atoms with Gasteiger partial charge in [0, 0.05) is 28.9 Å². The Morgan fingerprint density at radius 3 is 2.71 bits per heavy atom. The number of hydrogen-bond acceptors (Lipinski definition) is 1. The van der Waals surface area contributed by atoms with Gasteiger partial charge in [-0.25, -0.2) is 4.39 Å². The summed E-state index contributed by atoms with van der Waals surface area (Å²) in [6.45, 7) is 3.62. The second-order valence-corrected chi connectivity index (χ2v) is 5.94. The first-order valence-electron chi connectivity index (χ1n) is 4.19. The van der Waals surface area contributed by atoms with E-state index < -0.39 is 4.75 Å². The minimum atomic E-state index is -0.471. The van der Waals surface area contributed by atoms with Crippen molar-refractivity contribution in [3.8, 4) is 0 Å². The Morgan fingerprint density at radius 1 is 1.50 bits per heavy atom. The molecule has 0 radical (unpaired) electrons. The first kappa shape index (κ1) is 11.7. The topological polar surface area (TPSA) is 17.1 Å². The summed E-state index contributed by atoms with van der Waals surface area (Å²) in [7, 11) is 0. The molecule has 0 N–H and O–H groups in total. The van der Waals surface area contributed by atoms with Gasteiger partial charge in [-0.1, -0.05) is 15.9 Å². The van der Waals surface area contributed by atoms with E-state index in [1.54, 1.807) is 12.1 Å². The standard InChI is InChI=1S/C10H11BrFOS/c1-10(2,14-13)6-7-5-8(11)3-4-9(7)12/h3-5H,6H2,1-2H3/q+1. The van der Waals surface area contributed by atoms with Gasteiger partial charge in [0.2, 0.25) is 4.75 Å². The van der Waals surface area contributed by atoms with Crippen molar-refractivity contribution in [2.45, 2.75) is 25.0 Å². The Hall–Kier alpha value is -0.350. The van der Waals surface area contributed by atoms with Gasteiger partial charge in [-0.15, -0.1) is 0 Å². The van der Waals surface area contributed by atoms with Gasteiger partial charge in [-0.2, -0.15) is 0 Å². The molecule has 0 aromatic heterocycles. The molecule has 0 atom stereocenters. The molecule has 0 unspecified atom stereocenters. The average molecular weight is 278 g/mol. The Kier molecular flexibility index (Phi) is 3.72. The van der Waals surface area contributed by atoms with E-state index in [1.807, 2.05) is 13.8 Å². The van der Waals surface area contributed by atoms with E-state index in [4.69, 9.17) is 0 Å². The van der Waals surface area contributed by atoms with Crippen LogP contribution in [0.5, 0.6) is 0 Å². The van der Waals surface area contributed by atoms with Crippen molar-refractivity contribution in [1.82, 2.24) is 0 Å². The third-order valence-corrected chi connectivity index (χ3v) is 2.94. The minimum Gasteiger partial charge on any atom is -0.207 e. The first-order chi connectivity index (χ1) is 6.44. The van der Waals surface area contributed by atoms with Crippen molar-refractivity contribution in [2.75, 3.05) is 0 Å². The molecule has 1 rings (SSSR count). The van der Waals surface area contributed by atoms with Gasteiger partial charge in [0.05, 0.1) is 0 Å². The Balaban J connectivity index is 2.96. The maximum absolute atomic E-state index is 13.3. The lowest BCUT2D eigenvalue weighted by atomic mass is 10.0. The fraction of sp³-hybridized carbons (Fsp3) is 0.400. The van der Waals surface area contributed by atoms with E-state index in [0.717, 1.165) is 4.47 Å². The van der Waals surface area contributed by atoms with Crippen molar-refractivity contribution in [3.05, 3.63) is 34.1 Å². The fourth-order valence-corrected chi connectivity index (χ4v) is 1.79. The summed E-state index contributed by atoms with van der Waals surface area (Å²) in [4.78, 5) is 0. The summed E-state index contributed by atoms with van der Waals surface area (Å²) in [5.41, 5.74) is 0.577. The van der Waals surface area contributed by atoms with E-state index in [1.165, 1.54) is 6.07 Å². The lowest BCUT2D eigenvalue weighted by molar-refractivity contribution is 0.562. The summed E-state index contributed by atoms with van der Waals surface area (Å²) >= 11 is 3.78. The van der Waals surface area contributed by atoms with E-state index in [-0.39, 0.29) is 5.82 Å². The molecule has 76 valence electrons. The molecule has 1 nitrogen and oxygen atoms in total. The molecule has 0 bridgehead atoms. The molecule has 14 heavy (non-hydrogen) atoms. The van der Waals surface area contributed by atoms with E-state index in [0.29, 0.717) is 23.7 Å². The lowest BCUT2D eigenvalue weighted by Gasteiger charge is -2.07. The lowest BCUT2D eigenvalue weighted by Crippen LogP contribution is -2.21. The van der Waals surface area contributed by atoms with E-state index in [2.05, 4.69) is 15.9 Å². The van der Waals surface area contributed by atoms with Crippen molar-refractivity contribution >= 4 is 27.6 Å². The van der Waals surface area contributed by atoms with Crippen molar-refractivity contribution < 1.29 is 8.60 Å². The molecular formula is C10H11BrFOS+. The largest absolute Gasteiger partial charge is 0.465 e. The molecule has 0 saturated heterocycles. The van der Waals surface area contributed by atoms with Crippen LogP contribution in [0.4, 0.5) is 4.39 Å². The van der Waals surface area contributed by atoms with Crippen molar-refractivity contribution in [3.63, 3.8) is 0 Å². The molecule has 1 aromatic rings. The number of halogens is 2. The first-order valence-corrected chi connectivity index (χ1v) is 5.73. The monoisotopic (exact) mass is 277 g/mol. The van der Waals surface area contributed by atoms with Crippen LogP contribution in [0, 0.1) is 5.82 Å². The molecule has 4 heteroatoms. The summed E-state index contributed by atoms with van der Waals surface area (Å²) in [6, 6.07) is 4.77. The van der Waals surface area contributed by atoms with Crippen molar-refractivity contribution in [2.24, 2.45) is 0 Å². The van der Waals surface area contributed by atoms with Gasteiger partial charge in [-0.05, 0) is 23.8 Å². The van der Waals surface area contributed by atoms with Crippen LogP contribution < -0.4 is 0 Å². The molecule has 0 aliphatic rings. The predicted molar refractivity (Wildman–Crippen MR) is 59.9 cm³/mol.